The number of rotatable bonds is 5. The number of fused-ring (bicyclic) bond motifs is 1. The van der Waals surface area contributed by atoms with Gasteiger partial charge in [0.15, 0.2) is 0 Å². The van der Waals surface area contributed by atoms with Gasteiger partial charge in [-0.3, -0.25) is 0 Å². The summed E-state index contributed by atoms with van der Waals surface area (Å²) in [5.74, 6) is 0.664. The van der Waals surface area contributed by atoms with E-state index in [9.17, 15) is 4.91 Å². The van der Waals surface area contributed by atoms with Gasteiger partial charge in [0.1, 0.15) is 17.8 Å². The lowest BCUT2D eigenvalue weighted by Gasteiger charge is -2.04. The Kier molecular flexibility index (Phi) is 3.32. The van der Waals surface area contributed by atoms with Gasteiger partial charge in [0.2, 0.25) is 0 Å². The first-order chi connectivity index (χ1) is 9.88. The van der Waals surface area contributed by atoms with Gasteiger partial charge in [0.25, 0.3) is 0 Å². The monoisotopic (exact) mass is 268 g/mol. The Balaban J connectivity index is 1.93. The van der Waals surface area contributed by atoms with Crippen LogP contribution >= 0.6 is 0 Å². The predicted molar refractivity (Wildman–Crippen MR) is 76.3 cm³/mol. The SMILES string of the molecule is O=NCCNc1cc(-c2c[nH]c3ncccc23)ncn1. The van der Waals surface area contributed by atoms with Gasteiger partial charge in [-0.1, -0.05) is 5.18 Å². The van der Waals surface area contributed by atoms with Gasteiger partial charge in [-0.15, -0.1) is 0 Å². The highest BCUT2D eigenvalue weighted by Gasteiger charge is 2.08. The van der Waals surface area contributed by atoms with E-state index in [0.29, 0.717) is 12.4 Å². The number of aromatic amines is 1. The summed E-state index contributed by atoms with van der Waals surface area (Å²) in [6, 6.07) is 5.70. The molecule has 0 saturated carbocycles. The normalized spacial score (nSPS) is 10.6. The zero-order valence-electron chi connectivity index (χ0n) is 10.6. The van der Waals surface area contributed by atoms with E-state index in [-0.39, 0.29) is 6.54 Å². The maximum Gasteiger partial charge on any atom is 0.137 e. The lowest BCUT2D eigenvalue weighted by atomic mass is 10.1. The summed E-state index contributed by atoms with van der Waals surface area (Å²) >= 11 is 0. The molecule has 7 heteroatoms. The Hall–Kier alpha value is -2.83. The second-order valence-electron chi connectivity index (χ2n) is 4.17. The topological polar surface area (TPSA) is 95.9 Å². The predicted octanol–water partition coefficient (Wildman–Crippen LogP) is 2.20. The van der Waals surface area contributed by atoms with Crippen LogP contribution in [0.4, 0.5) is 5.82 Å². The Labute approximate surface area is 114 Å². The van der Waals surface area contributed by atoms with E-state index in [1.807, 2.05) is 24.4 Å². The highest BCUT2D eigenvalue weighted by atomic mass is 16.3. The van der Waals surface area contributed by atoms with Gasteiger partial charge >= 0.3 is 0 Å². The minimum absolute atomic E-state index is 0.205. The van der Waals surface area contributed by atoms with E-state index in [2.05, 4.69) is 30.4 Å². The molecular formula is C13H12N6O. The molecule has 7 nitrogen and oxygen atoms in total. The molecule has 0 unspecified atom stereocenters. The average molecular weight is 268 g/mol. The summed E-state index contributed by atoms with van der Waals surface area (Å²) in [7, 11) is 0. The zero-order chi connectivity index (χ0) is 13.8. The average Bonchev–Trinajstić information content (AvgIpc) is 2.92. The Morgan fingerprint density at radius 2 is 2.25 bits per heavy atom. The summed E-state index contributed by atoms with van der Waals surface area (Å²) < 4.78 is 0. The summed E-state index contributed by atoms with van der Waals surface area (Å²) in [5.41, 5.74) is 2.58. The molecule has 3 heterocycles. The second-order valence-corrected chi connectivity index (χ2v) is 4.17. The number of H-pyrrole nitrogens is 1. The molecule has 0 aliphatic rings. The number of hydrogen-bond donors (Lipinski definition) is 2. The van der Waals surface area contributed by atoms with Crippen LogP contribution in [0.25, 0.3) is 22.3 Å². The molecule has 0 saturated heterocycles. The number of hydrogen-bond acceptors (Lipinski definition) is 6. The van der Waals surface area contributed by atoms with Gasteiger partial charge in [-0.2, -0.15) is 4.91 Å². The van der Waals surface area contributed by atoms with Gasteiger partial charge in [-0.05, 0) is 12.1 Å². The third-order valence-corrected chi connectivity index (χ3v) is 2.90. The van der Waals surface area contributed by atoms with Crippen molar-refractivity contribution in [1.82, 2.24) is 19.9 Å². The first kappa shape index (κ1) is 12.2. The Morgan fingerprint density at radius 1 is 1.30 bits per heavy atom. The lowest BCUT2D eigenvalue weighted by molar-refractivity contribution is 0.997. The van der Waals surface area contributed by atoms with Crippen LogP contribution in [0.1, 0.15) is 0 Å². The van der Waals surface area contributed by atoms with Gasteiger partial charge in [0, 0.05) is 36.0 Å². The number of nitrogens with one attached hydrogen (secondary N) is 2. The Bertz CT molecular complexity index is 738. The van der Waals surface area contributed by atoms with E-state index in [0.717, 1.165) is 22.3 Å². The molecule has 100 valence electrons. The van der Waals surface area contributed by atoms with Gasteiger partial charge in [0.05, 0.1) is 12.2 Å². The number of pyridine rings is 1. The van der Waals surface area contributed by atoms with Crippen molar-refractivity contribution in [3.05, 3.63) is 41.8 Å². The number of anilines is 1. The van der Waals surface area contributed by atoms with E-state index in [1.165, 1.54) is 6.33 Å². The third-order valence-electron chi connectivity index (χ3n) is 2.90. The van der Waals surface area contributed by atoms with Crippen LogP contribution in [0.15, 0.2) is 42.1 Å². The molecular weight excluding hydrogens is 256 g/mol. The maximum absolute atomic E-state index is 10.1. The standard InChI is InChI=1S/C13H12N6O/c20-19-5-4-14-12-6-11(17-8-18-12)10-7-16-13-9(10)2-1-3-15-13/h1-3,6-8H,4-5H2,(H,15,16)(H,14,17,18). The van der Waals surface area contributed by atoms with Crippen LogP contribution in [-0.4, -0.2) is 33.0 Å². The first-order valence-corrected chi connectivity index (χ1v) is 6.16. The minimum atomic E-state index is 0.205. The summed E-state index contributed by atoms with van der Waals surface area (Å²) in [6.07, 6.45) is 5.10. The number of aromatic nitrogens is 4. The minimum Gasteiger partial charge on any atom is -0.368 e. The largest absolute Gasteiger partial charge is 0.368 e. The molecule has 0 aliphatic carbocycles. The van der Waals surface area contributed by atoms with Crippen molar-refractivity contribution in [3.63, 3.8) is 0 Å². The van der Waals surface area contributed by atoms with Crippen LogP contribution in [-0.2, 0) is 0 Å². The second kappa shape index (κ2) is 5.43. The number of nitrogens with zero attached hydrogens (tertiary/aromatic N) is 4. The van der Waals surface area contributed by atoms with Crippen LogP contribution in [0.5, 0.6) is 0 Å². The fourth-order valence-electron chi connectivity index (χ4n) is 2.00. The molecule has 20 heavy (non-hydrogen) atoms. The summed E-state index contributed by atoms with van der Waals surface area (Å²) in [4.78, 5) is 25.8. The molecule has 2 N–H and O–H groups in total. The van der Waals surface area contributed by atoms with Gasteiger partial charge < -0.3 is 10.3 Å². The van der Waals surface area contributed by atoms with Gasteiger partial charge in [-0.25, -0.2) is 15.0 Å². The van der Waals surface area contributed by atoms with Crippen LogP contribution < -0.4 is 5.32 Å². The van der Waals surface area contributed by atoms with E-state index < -0.39 is 0 Å². The summed E-state index contributed by atoms with van der Waals surface area (Å²) in [5, 5.41) is 6.83. The highest BCUT2D eigenvalue weighted by molar-refractivity contribution is 5.92. The lowest BCUT2D eigenvalue weighted by Crippen LogP contribution is -2.06. The molecule has 0 fully saturated rings. The molecule has 3 rings (SSSR count). The molecule has 3 aromatic heterocycles. The summed E-state index contributed by atoms with van der Waals surface area (Å²) in [6.45, 7) is 0.658. The quantitative estimate of drug-likeness (QED) is 0.546. The fraction of sp³-hybridized carbons (Fsp3) is 0.154. The van der Waals surface area contributed by atoms with Crippen molar-refractivity contribution in [1.29, 1.82) is 0 Å². The van der Waals surface area contributed by atoms with E-state index >= 15 is 0 Å². The van der Waals surface area contributed by atoms with E-state index in [4.69, 9.17) is 0 Å². The smallest absolute Gasteiger partial charge is 0.137 e. The molecule has 0 radical (unpaired) electrons. The van der Waals surface area contributed by atoms with Crippen molar-refractivity contribution in [2.75, 3.05) is 18.4 Å². The number of nitroso groups, excluding NO2 is 1. The molecule has 0 aliphatic heterocycles. The van der Waals surface area contributed by atoms with Crippen LogP contribution in [0.3, 0.4) is 0 Å². The van der Waals surface area contributed by atoms with E-state index in [1.54, 1.807) is 6.20 Å². The zero-order valence-corrected chi connectivity index (χ0v) is 10.6. The molecule has 0 spiro atoms. The van der Waals surface area contributed by atoms with Crippen LogP contribution in [0.2, 0.25) is 0 Å². The van der Waals surface area contributed by atoms with Crippen molar-refractivity contribution in [2.45, 2.75) is 0 Å². The Morgan fingerprint density at radius 3 is 3.15 bits per heavy atom. The van der Waals surface area contributed by atoms with Crippen molar-refractivity contribution < 1.29 is 0 Å². The molecule has 0 atom stereocenters. The van der Waals surface area contributed by atoms with Crippen molar-refractivity contribution >= 4 is 16.9 Å². The molecule has 0 amide bonds. The van der Waals surface area contributed by atoms with Crippen molar-refractivity contribution in [3.8, 4) is 11.3 Å². The first-order valence-electron chi connectivity index (χ1n) is 6.16. The third kappa shape index (κ3) is 2.33. The fourth-order valence-corrected chi connectivity index (χ4v) is 2.00. The maximum atomic E-state index is 10.1. The molecule has 0 aromatic carbocycles. The van der Waals surface area contributed by atoms with Crippen LogP contribution in [0, 0.1) is 4.91 Å². The highest BCUT2D eigenvalue weighted by Crippen LogP contribution is 2.26. The molecule has 0 bridgehead atoms. The molecule has 3 aromatic rings. The van der Waals surface area contributed by atoms with Crippen molar-refractivity contribution in [2.24, 2.45) is 5.18 Å².